The molecule has 1 aromatic heterocycles. The van der Waals surface area contributed by atoms with Crippen molar-refractivity contribution in [2.75, 3.05) is 0 Å². The van der Waals surface area contributed by atoms with Crippen LogP contribution in [-0.2, 0) is 0 Å². The fourth-order valence-electron chi connectivity index (χ4n) is 1.89. The third-order valence-electron chi connectivity index (χ3n) is 2.62. The summed E-state index contributed by atoms with van der Waals surface area (Å²) in [5, 5.41) is 2.06. The van der Waals surface area contributed by atoms with Crippen molar-refractivity contribution in [2.45, 2.75) is 32.1 Å². The molecule has 0 saturated heterocycles. The van der Waals surface area contributed by atoms with Crippen molar-refractivity contribution in [3.05, 3.63) is 27.5 Å². The first kappa shape index (κ1) is 9.66. The van der Waals surface area contributed by atoms with Crippen molar-refractivity contribution >= 4 is 23.7 Å². The Bertz CT molecular complexity index is 341. The van der Waals surface area contributed by atoms with Gasteiger partial charge in [0.1, 0.15) is 0 Å². The normalized spacial score (nSPS) is 16.7. The van der Waals surface area contributed by atoms with E-state index in [1.165, 1.54) is 49.0 Å². The van der Waals surface area contributed by atoms with Crippen LogP contribution in [0, 0.1) is 0 Å². The second kappa shape index (κ2) is 4.56. The van der Waals surface area contributed by atoms with E-state index in [4.69, 9.17) is 0 Å². The average molecular weight is 206 g/mol. The SMILES string of the molecule is O=Cc1cc(C=C2CCCCC2)cs1. The molecule has 0 unspecified atom stereocenters. The van der Waals surface area contributed by atoms with Crippen LogP contribution >= 0.6 is 11.3 Å². The Morgan fingerprint density at radius 2 is 2.00 bits per heavy atom. The summed E-state index contributed by atoms with van der Waals surface area (Å²) in [5.74, 6) is 0. The predicted molar refractivity (Wildman–Crippen MR) is 60.8 cm³/mol. The van der Waals surface area contributed by atoms with Gasteiger partial charge in [-0.1, -0.05) is 18.1 Å². The van der Waals surface area contributed by atoms with E-state index in [1.54, 1.807) is 5.57 Å². The van der Waals surface area contributed by atoms with Crippen LogP contribution in [0.15, 0.2) is 17.0 Å². The highest BCUT2D eigenvalue weighted by Crippen LogP contribution is 2.26. The summed E-state index contributed by atoms with van der Waals surface area (Å²) in [6.07, 6.45) is 9.70. The minimum absolute atomic E-state index is 0.827. The highest BCUT2D eigenvalue weighted by Gasteiger charge is 2.05. The van der Waals surface area contributed by atoms with Gasteiger partial charge in [0.2, 0.25) is 0 Å². The molecule has 1 fully saturated rings. The Morgan fingerprint density at radius 3 is 2.64 bits per heavy atom. The third-order valence-corrected chi connectivity index (χ3v) is 3.50. The summed E-state index contributed by atoms with van der Waals surface area (Å²) in [6.45, 7) is 0. The number of hydrogen-bond acceptors (Lipinski definition) is 2. The largest absolute Gasteiger partial charge is 0.297 e. The van der Waals surface area contributed by atoms with Crippen molar-refractivity contribution in [1.82, 2.24) is 0 Å². The standard InChI is InChI=1S/C12H14OS/c13-8-12-7-11(9-14-12)6-10-4-2-1-3-5-10/h6-9H,1-5H2. The van der Waals surface area contributed by atoms with Crippen LogP contribution < -0.4 is 0 Å². The molecular weight excluding hydrogens is 192 g/mol. The first-order valence-electron chi connectivity index (χ1n) is 5.11. The second-order valence-electron chi connectivity index (χ2n) is 3.76. The van der Waals surface area contributed by atoms with Gasteiger partial charge in [0.15, 0.2) is 6.29 Å². The van der Waals surface area contributed by atoms with E-state index < -0.39 is 0 Å². The monoisotopic (exact) mass is 206 g/mol. The molecule has 1 saturated carbocycles. The van der Waals surface area contributed by atoms with Gasteiger partial charge in [0, 0.05) is 0 Å². The van der Waals surface area contributed by atoms with Crippen molar-refractivity contribution in [2.24, 2.45) is 0 Å². The number of allylic oxidation sites excluding steroid dienone is 1. The molecule has 1 aliphatic carbocycles. The summed E-state index contributed by atoms with van der Waals surface area (Å²) in [7, 11) is 0. The van der Waals surface area contributed by atoms with Crippen molar-refractivity contribution in [3.63, 3.8) is 0 Å². The van der Waals surface area contributed by atoms with Gasteiger partial charge in [-0.15, -0.1) is 11.3 Å². The average Bonchev–Trinajstić information content (AvgIpc) is 2.67. The number of carbonyl (C=O) groups is 1. The maximum atomic E-state index is 10.5. The molecule has 74 valence electrons. The minimum Gasteiger partial charge on any atom is -0.297 e. The number of hydrogen-bond donors (Lipinski definition) is 0. The lowest BCUT2D eigenvalue weighted by Crippen LogP contribution is -1.92. The lowest BCUT2D eigenvalue weighted by molar-refractivity contribution is 0.112. The highest BCUT2D eigenvalue weighted by molar-refractivity contribution is 7.11. The minimum atomic E-state index is 0.827. The molecule has 0 aliphatic heterocycles. The lowest BCUT2D eigenvalue weighted by Gasteiger charge is -2.12. The molecule has 1 aromatic rings. The number of rotatable bonds is 2. The maximum Gasteiger partial charge on any atom is 0.160 e. The Morgan fingerprint density at radius 1 is 1.21 bits per heavy atom. The Balaban J connectivity index is 2.10. The van der Waals surface area contributed by atoms with Gasteiger partial charge in [0.25, 0.3) is 0 Å². The molecule has 0 spiro atoms. The lowest BCUT2D eigenvalue weighted by atomic mass is 9.94. The van der Waals surface area contributed by atoms with Crippen LogP contribution in [0.4, 0.5) is 0 Å². The topological polar surface area (TPSA) is 17.1 Å². The first-order chi connectivity index (χ1) is 6.88. The summed E-state index contributed by atoms with van der Waals surface area (Å²) >= 11 is 1.53. The van der Waals surface area contributed by atoms with E-state index in [1.807, 2.05) is 6.07 Å². The van der Waals surface area contributed by atoms with Gasteiger partial charge in [-0.2, -0.15) is 0 Å². The molecular formula is C12H14OS. The van der Waals surface area contributed by atoms with E-state index in [-0.39, 0.29) is 0 Å². The van der Waals surface area contributed by atoms with Crippen LogP contribution in [0.3, 0.4) is 0 Å². The molecule has 0 atom stereocenters. The molecule has 0 amide bonds. The fourth-order valence-corrected chi connectivity index (χ4v) is 2.56. The quantitative estimate of drug-likeness (QED) is 0.670. The molecule has 0 N–H and O–H groups in total. The van der Waals surface area contributed by atoms with Crippen LogP contribution in [-0.4, -0.2) is 6.29 Å². The van der Waals surface area contributed by atoms with Crippen molar-refractivity contribution in [1.29, 1.82) is 0 Å². The van der Waals surface area contributed by atoms with Gasteiger partial charge in [-0.25, -0.2) is 0 Å². The number of carbonyl (C=O) groups excluding carboxylic acids is 1. The number of aldehydes is 1. The van der Waals surface area contributed by atoms with Gasteiger partial charge in [0.05, 0.1) is 4.88 Å². The molecule has 14 heavy (non-hydrogen) atoms. The van der Waals surface area contributed by atoms with Crippen LogP contribution in [0.25, 0.3) is 6.08 Å². The third kappa shape index (κ3) is 2.32. The molecule has 0 bridgehead atoms. The molecule has 1 aliphatic rings. The van der Waals surface area contributed by atoms with Crippen LogP contribution in [0.2, 0.25) is 0 Å². The fraction of sp³-hybridized carbons (Fsp3) is 0.417. The molecule has 0 aromatic carbocycles. The Hall–Kier alpha value is -0.890. The van der Waals surface area contributed by atoms with E-state index >= 15 is 0 Å². The van der Waals surface area contributed by atoms with Crippen molar-refractivity contribution in [3.8, 4) is 0 Å². The smallest absolute Gasteiger partial charge is 0.160 e. The van der Waals surface area contributed by atoms with E-state index in [0.717, 1.165) is 11.2 Å². The van der Waals surface area contributed by atoms with Gasteiger partial charge < -0.3 is 0 Å². The predicted octanol–water partition coefficient (Wildman–Crippen LogP) is 3.91. The molecule has 1 heterocycles. The summed E-state index contributed by atoms with van der Waals surface area (Å²) < 4.78 is 0. The van der Waals surface area contributed by atoms with Crippen LogP contribution in [0.1, 0.15) is 47.3 Å². The summed E-state index contributed by atoms with van der Waals surface area (Å²) in [6, 6.07) is 1.97. The van der Waals surface area contributed by atoms with E-state index in [9.17, 15) is 4.79 Å². The van der Waals surface area contributed by atoms with Crippen molar-refractivity contribution < 1.29 is 4.79 Å². The van der Waals surface area contributed by atoms with Crippen LogP contribution in [0.5, 0.6) is 0 Å². The summed E-state index contributed by atoms with van der Waals surface area (Å²) in [4.78, 5) is 11.3. The Kier molecular flexibility index (Phi) is 3.14. The first-order valence-corrected chi connectivity index (χ1v) is 5.99. The maximum absolute atomic E-state index is 10.5. The van der Waals surface area contributed by atoms with E-state index in [2.05, 4.69) is 11.5 Å². The molecule has 2 rings (SSSR count). The van der Waals surface area contributed by atoms with Gasteiger partial charge in [-0.05, 0) is 42.7 Å². The van der Waals surface area contributed by atoms with Gasteiger partial charge >= 0.3 is 0 Å². The van der Waals surface area contributed by atoms with E-state index in [0.29, 0.717) is 0 Å². The molecule has 0 radical (unpaired) electrons. The zero-order valence-corrected chi connectivity index (χ0v) is 8.98. The second-order valence-corrected chi connectivity index (χ2v) is 4.71. The summed E-state index contributed by atoms with van der Waals surface area (Å²) in [5.41, 5.74) is 2.75. The molecule has 2 heteroatoms. The zero-order valence-electron chi connectivity index (χ0n) is 8.16. The Labute approximate surface area is 88.5 Å². The van der Waals surface area contributed by atoms with Gasteiger partial charge in [-0.3, -0.25) is 4.79 Å². The zero-order chi connectivity index (χ0) is 9.80. The highest BCUT2D eigenvalue weighted by atomic mass is 32.1. The number of thiophene rings is 1. The molecule has 1 nitrogen and oxygen atoms in total.